The molecule has 0 aromatic heterocycles. The average molecular weight is 542 g/mol. The van der Waals surface area contributed by atoms with Gasteiger partial charge in [-0.05, 0) is 60.6 Å². The van der Waals surface area contributed by atoms with Crippen molar-refractivity contribution < 1.29 is 40.0 Å². The number of carbonyl (C=O) groups excluding carboxylic acids is 3. The highest BCUT2D eigenvalue weighted by atomic mass is 16.4. The van der Waals surface area contributed by atoms with Gasteiger partial charge >= 0.3 is 0 Å². The molecule has 0 heterocycles. The lowest BCUT2D eigenvalue weighted by Gasteiger charge is -2.45. The number of hydrogen-bond donors (Lipinski definition) is 6. The van der Waals surface area contributed by atoms with Crippen molar-refractivity contribution >= 4 is 34.6 Å². The second kappa shape index (κ2) is 9.41. The van der Waals surface area contributed by atoms with E-state index in [4.69, 9.17) is 5.73 Å². The number of aliphatic hydroxyl groups excluding tert-OH is 2. The van der Waals surface area contributed by atoms with Crippen molar-refractivity contribution in [2.75, 3.05) is 19.0 Å². The lowest BCUT2D eigenvalue weighted by atomic mass is 9.58. The van der Waals surface area contributed by atoms with E-state index in [0.717, 1.165) is 18.5 Å². The summed E-state index contributed by atoms with van der Waals surface area (Å²) >= 11 is 0. The highest BCUT2D eigenvalue weighted by Crippen LogP contribution is 2.52. The molecule has 7 N–H and O–H groups in total. The SMILES string of the molecule is CN(C)c1cc(CCCC(C)(C)C)c(O)c2c1C[C@H]1C[C@H]3C(=NO)C(O)=C(C(N)=O)C(=O)[C@@]3(O)C(=O)C1=C2O. The van der Waals surface area contributed by atoms with Gasteiger partial charge in [0.15, 0.2) is 11.4 Å². The van der Waals surface area contributed by atoms with Crippen LogP contribution in [0.3, 0.4) is 0 Å². The summed E-state index contributed by atoms with van der Waals surface area (Å²) in [4.78, 5) is 40.8. The van der Waals surface area contributed by atoms with Gasteiger partial charge in [-0.3, -0.25) is 14.4 Å². The predicted molar refractivity (Wildman–Crippen MR) is 143 cm³/mol. The van der Waals surface area contributed by atoms with Gasteiger partial charge in [0, 0.05) is 25.4 Å². The number of aliphatic hydroxyl groups is 3. The maximum Gasteiger partial charge on any atom is 0.256 e. The number of nitrogens with zero attached hydrogens (tertiary/aromatic N) is 2. The van der Waals surface area contributed by atoms with Gasteiger partial charge in [-0.2, -0.15) is 0 Å². The number of Topliss-reactive ketones (excluding diaryl/α,β-unsaturated/α-hetero) is 2. The number of aryl methyl sites for hydroxylation is 1. The molecule has 1 aromatic carbocycles. The molecular weight excluding hydrogens is 506 g/mol. The van der Waals surface area contributed by atoms with E-state index in [0.29, 0.717) is 17.5 Å². The largest absolute Gasteiger partial charge is 0.507 e. The number of fused-ring (bicyclic) bond motifs is 3. The smallest absolute Gasteiger partial charge is 0.256 e. The number of benzene rings is 1. The van der Waals surface area contributed by atoms with Gasteiger partial charge in [0.05, 0.1) is 11.5 Å². The van der Waals surface area contributed by atoms with Crippen molar-refractivity contribution in [1.82, 2.24) is 0 Å². The number of primary amides is 1. The van der Waals surface area contributed by atoms with Gasteiger partial charge in [-0.25, -0.2) is 0 Å². The molecule has 0 aliphatic heterocycles. The van der Waals surface area contributed by atoms with Gasteiger partial charge in [-0.15, -0.1) is 0 Å². The maximum atomic E-state index is 13.8. The van der Waals surface area contributed by atoms with E-state index in [9.17, 15) is 40.0 Å². The molecule has 0 unspecified atom stereocenters. The molecule has 39 heavy (non-hydrogen) atoms. The number of phenols is 1. The number of phenolic OH excluding ortho intramolecular Hbond substituents is 1. The maximum absolute atomic E-state index is 13.8. The van der Waals surface area contributed by atoms with Crippen molar-refractivity contribution in [2.45, 2.75) is 58.5 Å². The van der Waals surface area contributed by atoms with Crippen LogP contribution in [0.15, 0.2) is 28.1 Å². The molecule has 1 fully saturated rings. The molecule has 3 atom stereocenters. The van der Waals surface area contributed by atoms with Crippen LogP contribution in [0.4, 0.5) is 5.69 Å². The summed E-state index contributed by atoms with van der Waals surface area (Å²) in [5, 5.41) is 57.3. The van der Waals surface area contributed by atoms with Crippen LogP contribution in [0.25, 0.3) is 5.76 Å². The van der Waals surface area contributed by atoms with Crippen molar-refractivity contribution in [2.24, 2.45) is 28.1 Å². The molecule has 0 spiro atoms. The molecule has 4 rings (SSSR count). The summed E-state index contributed by atoms with van der Waals surface area (Å²) in [7, 11) is 3.63. The third kappa shape index (κ3) is 4.25. The van der Waals surface area contributed by atoms with E-state index in [1.165, 1.54) is 0 Å². The zero-order valence-electron chi connectivity index (χ0n) is 22.7. The number of amides is 1. The second-order valence-corrected chi connectivity index (χ2v) is 12.0. The molecule has 1 saturated carbocycles. The summed E-state index contributed by atoms with van der Waals surface area (Å²) in [6, 6.07) is 1.86. The van der Waals surface area contributed by atoms with Crippen LogP contribution < -0.4 is 10.6 Å². The Morgan fingerprint density at radius 3 is 2.33 bits per heavy atom. The first-order valence-corrected chi connectivity index (χ1v) is 12.8. The summed E-state index contributed by atoms with van der Waals surface area (Å²) in [6.45, 7) is 6.35. The topological polar surface area (TPSA) is 194 Å². The number of hydrogen-bond acceptors (Lipinski definition) is 10. The molecule has 0 radical (unpaired) electrons. The fourth-order valence-electron chi connectivity index (χ4n) is 6.11. The normalized spacial score (nSPS) is 25.9. The average Bonchev–Trinajstić information content (AvgIpc) is 2.81. The highest BCUT2D eigenvalue weighted by Gasteiger charge is 2.64. The quantitative estimate of drug-likeness (QED) is 0.140. The second-order valence-electron chi connectivity index (χ2n) is 12.0. The summed E-state index contributed by atoms with van der Waals surface area (Å²) in [5.74, 6) is -8.06. The third-order valence-corrected chi connectivity index (χ3v) is 8.02. The first-order chi connectivity index (χ1) is 18.1. The number of carbonyl (C=O) groups is 3. The van der Waals surface area contributed by atoms with E-state index in [1.807, 2.05) is 25.1 Å². The Balaban J connectivity index is 1.90. The Labute approximate surface area is 225 Å². The third-order valence-electron chi connectivity index (χ3n) is 8.02. The number of allylic oxidation sites excluding steroid dienone is 1. The molecule has 210 valence electrons. The van der Waals surface area contributed by atoms with Gasteiger partial charge < -0.3 is 36.3 Å². The fraction of sp³-hybridized carbons (Fsp3) is 0.500. The standard InChI is InChI=1S/C28H35N3O8/c1-27(2,3)8-6-7-12-11-16(31(4)5)14-9-13-10-15-20(30-39)23(34)19(26(29)37)25(36)28(15,38)24(35)17(13)22(33)18(14)21(12)32/h11,13,15,32-34,38-39H,6-10H2,1-5H3,(H2,29,37)/t13-,15-,28-/m0/s1. The minimum atomic E-state index is -2.94. The number of oxime groups is 1. The molecule has 11 heteroatoms. The van der Waals surface area contributed by atoms with Crippen LogP contribution in [-0.4, -0.2) is 68.5 Å². The van der Waals surface area contributed by atoms with Crippen LogP contribution in [0, 0.1) is 17.3 Å². The number of anilines is 1. The van der Waals surface area contributed by atoms with E-state index in [-0.39, 0.29) is 35.1 Å². The number of nitrogens with two attached hydrogens (primary N) is 1. The Morgan fingerprint density at radius 1 is 1.15 bits per heavy atom. The minimum absolute atomic E-state index is 0.0569. The monoisotopic (exact) mass is 541 g/mol. The van der Waals surface area contributed by atoms with E-state index in [2.05, 4.69) is 25.9 Å². The van der Waals surface area contributed by atoms with Gasteiger partial charge in [-0.1, -0.05) is 25.9 Å². The number of rotatable bonds is 5. The number of ketones is 2. The highest BCUT2D eigenvalue weighted by molar-refractivity contribution is 6.38. The molecule has 0 bridgehead atoms. The molecule has 1 aromatic rings. The molecule has 1 amide bonds. The van der Waals surface area contributed by atoms with Gasteiger partial charge in [0.25, 0.3) is 5.91 Å². The zero-order valence-corrected chi connectivity index (χ0v) is 22.7. The van der Waals surface area contributed by atoms with Crippen molar-refractivity contribution in [1.29, 1.82) is 0 Å². The van der Waals surface area contributed by atoms with Crippen LogP contribution in [0.1, 0.15) is 56.7 Å². The number of aromatic hydroxyl groups is 1. The Hall–Kier alpha value is -3.86. The zero-order chi connectivity index (χ0) is 29.2. The fourth-order valence-corrected chi connectivity index (χ4v) is 6.11. The van der Waals surface area contributed by atoms with Gasteiger partial charge in [0.1, 0.15) is 22.8 Å². The lowest BCUT2D eigenvalue weighted by Crippen LogP contribution is -2.64. The lowest BCUT2D eigenvalue weighted by molar-refractivity contribution is -0.153. The minimum Gasteiger partial charge on any atom is -0.507 e. The Kier molecular flexibility index (Phi) is 6.79. The predicted octanol–water partition coefficient (Wildman–Crippen LogP) is 2.30. The molecule has 11 nitrogen and oxygen atoms in total. The Bertz CT molecular complexity index is 1380. The van der Waals surface area contributed by atoms with Gasteiger partial charge in [0.2, 0.25) is 11.6 Å². The van der Waals surface area contributed by atoms with Crippen LogP contribution >= 0.6 is 0 Å². The molecule has 3 aliphatic rings. The summed E-state index contributed by atoms with van der Waals surface area (Å²) in [5.41, 5.74) is 2.35. The molecule has 3 aliphatic carbocycles. The van der Waals surface area contributed by atoms with Crippen molar-refractivity contribution in [3.8, 4) is 5.75 Å². The van der Waals surface area contributed by atoms with Crippen molar-refractivity contribution in [3.05, 3.63) is 39.7 Å². The summed E-state index contributed by atoms with van der Waals surface area (Å²) in [6.07, 6.45) is 2.15. The molecular formula is C28H35N3O8. The van der Waals surface area contributed by atoms with Crippen LogP contribution in [0.5, 0.6) is 5.75 Å². The van der Waals surface area contributed by atoms with E-state index in [1.54, 1.807) is 0 Å². The van der Waals surface area contributed by atoms with Crippen molar-refractivity contribution in [3.63, 3.8) is 0 Å². The van der Waals surface area contributed by atoms with E-state index < -0.39 is 57.7 Å². The first kappa shape index (κ1) is 28.2. The van der Waals surface area contributed by atoms with Crippen LogP contribution in [-0.2, 0) is 27.2 Å². The first-order valence-electron chi connectivity index (χ1n) is 12.8. The molecule has 0 saturated heterocycles. The van der Waals surface area contributed by atoms with E-state index >= 15 is 0 Å². The van der Waals surface area contributed by atoms with Crippen LogP contribution in [0.2, 0.25) is 0 Å². The summed E-state index contributed by atoms with van der Waals surface area (Å²) < 4.78 is 0. The Morgan fingerprint density at radius 2 is 1.79 bits per heavy atom.